The standard InChI is InChI=1S/C13H14F3N5/c14-13(15,16)7-1-2-10(17)8(5-7)12(21-19)9-6-20-4-3-11(9)18/h1-6,12,21H,17,19H2,(H2,18,20). The SMILES string of the molecule is NNC(c1cnccc1N)c1cc(C(F)(F)F)ccc1N. The lowest BCUT2D eigenvalue weighted by Gasteiger charge is -2.21. The summed E-state index contributed by atoms with van der Waals surface area (Å²) in [5, 5.41) is 0. The van der Waals surface area contributed by atoms with Gasteiger partial charge in [0, 0.05) is 29.3 Å². The molecule has 1 aromatic heterocycles. The van der Waals surface area contributed by atoms with E-state index in [9.17, 15) is 13.2 Å². The van der Waals surface area contributed by atoms with Gasteiger partial charge in [-0.3, -0.25) is 10.8 Å². The molecule has 1 aromatic carbocycles. The molecule has 0 aliphatic carbocycles. The summed E-state index contributed by atoms with van der Waals surface area (Å²) in [5.41, 5.74) is 14.4. The molecule has 0 saturated heterocycles. The number of benzene rings is 1. The van der Waals surface area contributed by atoms with Crippen LogP contribution in [0.4, 0.5) is 24.5 Å². The van der Waals surface area contributed by atoms with Gasteiger partial charge >= 0.3 is 6.18 Å². The Bertz CT molecular complexity index is 642. The topological polar surface area (TPSA) is 103 Å². The summed E-state index contributed by atoms with van der Waals surface area (Å²) < 4.78 is 38.5. The number of anilines is 2. The van der Waals surface area contributed by atoms with E-state index in [4.69, 9.17) is 17.3 Å². The molecule has 8 heteroatoms. The highest BCUT2D eigenvalue weighted by Gasteiger charge is 2.32. The predicted octanol–water partition coefficient (Wildman–Crippen LogP) is 1.82. The first-order valence-corrected chi connectivity index (χ1v) is 5.96. The Labute approximate surface area is 118 Å². The second kappa shape index (κ2) is 5.58. The Morgan fingerprint density at radius 3 is 2.29 bits per heavy atom. The normalized spacial score (nSPS) is 13.1. The smallest absolute Gasteiger partial charge is 0.398 e. The number of hydrazine groups is 1. The zero-order valence-electron chi connectivity index (χ0n) is 10.9. The molecule has 0 aliphatic rings. The van der Waals surface area contributed by atoms with E-state index in [-0.39, 0.29) is 11.3 Å². The van der Waals surface area contributed by atoms with Crippen LogP contribution in [0.1, 0.15) is 22.7 Å². The van der Waals surface area contributed by atoms with E-state index >= 15 is 0 Å². The van der Waals surface area contributed by atoms with Crippen molar-refractivity contribution in [2.45, 2.75) is 12.2 Å². The van der Waals surface area contributed by atoms with Crippen molar-refractivity contribution in [1.29, 1.82) is 0 Å². The maximum Gasteiger partial charge on any atom is 0.416 e. The Balaban J connectivity index is 2.55. The van der Waals surface area contributed by atoms with Crippen molar-refractivity contribution < 1.29 is 13.2 Å². The van der Waals surface area contributed by atoms with Crippen LogP contribution in [0.2, 0.25) is 0 Å². The Hall–Kier alpha value is -2.32. The minimum Gasteiger partial charge on any atom is -0.398 e. The average Bonchev–Trinajstić information content (AvgIpc) is 2.42. The molecule has 0 amide bonds. The van der Waals surface area contributed by atoms with Crippen LogP contribution in [-0.2, 0) is 6.18 Å². The lowest BCUT2D eigenvalue weighted by molar-refractivity contribution is -0.137. The van der Waals surface area contributed by atoms with Gasteiger partial charge in [-0.05, 0) is 29.8 Å². The van der Waals surface area contributed by atoms with Gasteiger partial charge < -0.3 is 11.5 Å². The first-order valence-electron chi connectivity index (χ1n) is 5.96. The molecule has 2 rings (SSSR count). The van der Waals surface area contributed by atoms with Crippen LogP contribution in [0.15, 0.2) is 36.7 Å². The fourth-order valence-electron chi connectivity index (χ4n) is 2.01. The number of halogens is 3. The molecule has 21 heavy (non-hydrogen) atoms. The number of rotatable bonds is 3. The molecule has 1 unspecified atom stereocenters. The Kier molecular flexibility index (Phi) is 4.01. The van der Waals surface area contributed by atoms with Gasteiger partial charge in [0.15, 0.2) is 0 Å². The molecule has 0 spiro atoms. The van der Waals surface area contributed by atoms with Gasteiger partial charge in [-0.25, -0.2) is 5.43 Å². The van der Waals surface area contributed by atoms with Crippen molar-refractivity contribution in [3.63, 3.8) is 0 Å². The molecule has 0 radical (unpaired) electrons. The number of nitrogens with one attached hydrogen (secondary N) is 1. The molecular formula is C13H14F3N5. The minimum atomic E-state index is -4.47. The van der Waals surface area contributed by atoms with Gasteiger partial charge in [0.1, 0.15) is 0 Å². The molecule has 0 saturated carbocycles. The van der Waals surface area contributed by atoms with Crippen molar-refractivity contribution in [2.75, 3.05) is 11.5 Å². The molecular weight excluding hydrogens is 283 g/mol. The summed E-state index contributed by atoms with van der Waals surface area (Å²) >= 11 is 0. The van der Waals surface area contributed by atoms with E-state index in [1.807, 2.05) is 0 Å². The first kappa shape index (κ1) is 15.1. The number of alkyl halides is 3. The number of nitrogens with two attached hydrogens (primary N) is 3. The van der Waals surface area contributed by atoms with Gasteiger partial charge in [0.05, 0.1) is 11.6 Å². The molecule has 0 aliphatic heterocycles. The van der Waals surface area contributed by atoms with Crippen LogP contribution >= 0.6 is 0 Å². The quantitative estimate of drug-likeness (QED) is 0.393. The lowest BCUT2D eigenvalue weighted by atomic mass is 9.96. The van der Waals surface area contributed by atoms with Gasteiger partial charge in [-0.2, -0.15) is 13.2 Å². The van der Waals surface area contributed by atoms with Crippen LogP contribution in [-0.4, -0.2) is 4.98 Å². The summed E-state index contributed by atoms with van der Waals surface area (Å²) in [6, 6.07) is 3.80. The second-order valence-corrected chi connectivity index (χ2v) is 4.45. The first-order chi connectivity index (χ1) is 9.84. The number of hydrogen-bond donors (Lipinski definition) is 4. The molecule has 1 heterocycles. The summed E-state index contributed by atoms with van der Waals surface area (Å²) in [7, 11) is 0. The number of hydrogen-bond acceptors (Lipinski definition) is 5. The van der Waals surface area contributed by atoms with Crippen molar-refractivity contribution >= 4 is 11.4 Å². The summed E-state index contributed by atoms with van der Waals surface area (Å²) in [5.74, 6) is 5.46. The van der Waals surface area contributed by atoms with E-state index in [0.717, 1.165) is 12.1 Å². The van der Waals surface area contributed by atoms with Crippen LogP contribution in [0.5, 0.6) is 0 Å². The molecule has 1 atom stereocenters. The van der Waals surface area contributed by atoms with Crippen molar-refractivity contribution in [3.8, 4) is 0 Å². The van der Waals surface area contributed by atoms with Crippen LogP contribution in [0.25, 0.3) is 0 Å². The predicted molar refractivity (Wildman–Crippen MR) is 73.7 cm³/mol. The van der Waals surface area contributed by atoms with Gasteiger partial charge in [-0.1, -0.05) is 0 Å². The van der Waals surface area contributed by atoms with Gasteiger partial charge in [0.25, 0.3) is 0 Å². The highest BCUT2D eigenvalue weighted by Crippen LogP contribution is 2.35. The maximum absolute atomic E-state index is 12.8. The molecule has 5 nitrogen and oxygen atoms in total. The maximum atomic E-state index is 12.8. The number of aromatic nitrogens is 1. The van der Waals surface area contributed by atoms with Crippen molar-refractivity contribution in [1.82, 2.24) is 10.4 Å². The van der Waals surface area contributed by atoms with E-state index in [2.05, 4.69) is 10.4 Å². The number of nitrogens with zero attached hydrogens (tertiary/aromatic N) is 1. The second-order valence-electron chi connectivity index (χ2n) is 4.45. The Morgan fingerprint density at radius 2 is 1.71 bits per heavy atom. The lowest BCUT2D eigenvalue weighted by Crippen LogP contribution is -2.30. The molecule has 7 N–H and O–H groups in total. The highest BCUT2D eigenvalue weighted by atomic mass is 19.4. The van der Waals surface area contributed by atoms with E-state index < -0.39 is 17.8 Å². The minimum absolute atomic E-state index is 0.175. The summed E-state index contributed by atoms with van der Waals surface area (Å²) in [6.07, 6.45) is -1.57. The van der Waals surface area contributed by atoms with Crippen LogP contribution in [0.3, 0.4) is 0 Å². The number of nitrogen functional groups attached to an aromatic ring is 2. The summed E-state index contributed by atoms with van der Waals surface area (Å²) in [6.45, 7) is 0. The van der Waals surface area contributed by atoms with Crippen molar-refractivity contribution in [3.05, 3.63) is 53.3 Å². The van der Waals surface area contributed by atoms with Crippen LogP contribution < -0.4 is 22.7 Å². The largest absolute Gasteiger partial charge is 0.416 e. The van der Waals surface area contributed by atoms with E-state index in [1.165, 1.54) is 24.5 Å². The van der Waals surface area contributed by atoms with Crippen molar-refractivity contribution in [2.24, 2.45) is 5.84 Å². The van der Waals surface area contributed by atoms with E-state index in [1.54, 1.807) is 0 Å². The van der Waals surface area contributed by atoms with E-state index in [0.29, 0.717) is 11.3 Å². The third-order valence-electron chi connectivity index (χ3n) is 3.09. The molecule has 2 aromatic rings. The van der Waals surface area contributed by atoms with Crippen LogP contribution in [0, 0.1) is 0 Å². The molecule has 0 fully saturated rings. The third-order valence-corrected chi connectivity index (χ3v) is 3.09. The third kappa shape index (κ3) is 3.06. The fraction of sp³-hybridized carbons (Fsp3) is 0.154. The Morgan fingerprint density at radius 1 is 1.05 bits per heavy atom. The zero-order valence-corrected chi connectivity index (χ0v) is 10.9. The zero-order chi connectivity index (χ0) is 15.6. The fourth-order valence-corrected chi connectivity index (χ4v) is 2.01. The summed E-state index contributed by atoms with van der Waals surface area (Å²) in [4.78, 5) is 3.90. The molecule has 112 valence electrons. The van der Waals surface area contributed by atoms with Gasteiger partial charge in [-0.15, -0.1) is 0 Å². The molecule has 0 bridgehead atoms. The van der Waals surface area contributed by atoms with Gasteiger partial charge in [0.2, 0.25) is 0 Å². The average molecular weight is 297 g/mol. The monoisotopic (exact) mass is 297 g/mol. The number of pyridine rings is 1. The highest BCUT2D eigenvalue weighted by molar-refractivity contribution is 5.57.